The first-order chi connectivity index (χ1) is 9.01. The van der Waals surface area contributed by atoms with Crippen LogP contribution in [0, 0.1) is 11.7 Å². The van der Waals surface area contributed by atoms with Gasteiger partial charge in [-0.05, 0) is 6.42 Å². The van der Waals surface area contributed by atoms with E-state index in [-0.39, 0.29) is 18.2 Å². The zero-order valence-electron chi connectivity index (χ0n) is 10.2. The van der Waals surface area contributed by atoms with E-state index in [2.05, 4.69) is 4.74 Å². The molecule has 106 valence electrons. The number of aliphatic hydroxyl groups excluding tert-OH is 1. The van der Waals surface area contributed by atoms with Gasteiger partial charge in [0.05, 0.1) is 11.4 Å². The molecule has 19 heavy (non-hydrogen) atoms. The predicted octanol–water partition coefficient (Wildman–Crippen LogP) is 1.83. The highest BCUT2D eigenvalue weighted by atomic mass is 19.3. The van der Waals surface area contributed by atoms with E-state index in [1.807, 2.05) is 4.90 Å². The summed E-state index contributed by atoms with van der Waals surface area (Å²) in [7, 11) is 0. The van der Waals surface area contributed by atoms with Crippen LogP contribution in [0.25, 0.3) is 0 Å². The lowest BCUT2D eigenvalue weighted by atomic mass is 10.1. The van der Waals surface area contributed by atoms with Crippen molar-refractivity contribution in [1.82, 2.24) is 0 Å². The number of nitrogens with zero attached hydrogens (tertiary/aromatic N) is 1. The van der Waals surface area contributed by atoms with Gasteiger partial charge in [0.25, 0.3) is 0 Å². The van der Waals surface area contributed by atoms with Crippen LogP contribution in [0.15, 0.2) is 12.1 Å². The van der Waals surface area contributed by atoms with Crippen molar-refractivity contribution in [3.05, 3.63) is 17.9 Å². The van der Waals surface area contributed by atoms with Crippen LogP contribution in [-0.2, 0) is 0 Å². The largest absolute Gasteiger partial charge is 0.432 e. The molecule has 0 bridgehead atoms. The lowest BCUT2D eigenvalue weighted by Crippen LogP contribution is -2.22. The minimum absolute atomic E-state index is 0.0536. The van der Waals surface area contributed by atoms with E-state index in [0.717, 1.165) is 12.5 Å². The molecule has 0 aromatic heterocycles. The first-order valence-corrected chi connectivity index (χ1v) is 5.91. The lowest BCUT2D eigenvalue weighted by Gasteiger charge is -2.21. The Labute approximate surface area is 108 Å². The molecular weight excluding hydrogens is 261 g/mol. The van der Waals surface area contributed by atoms with Crippen LogP contribution in [0.1, 0.15) is 6.42 Å². The summed E-state index contributed by atoms with van der Waals surface area (Å²) in [5.74, 6) is -1.32. The molecule has 1 heterocycles. The van der Waals surface area contributed by atoms with E-state index in [4.69, 9.17) is 10.8 Å². The average molecular weight is 276 g/mol. The molecule has 1 atom stereocenters. The maximum absolute atomic E-state index is 13.4. The molecule has 1 unspecified atom stereocenters. The predicted molar refractivity (Wildman–Crippen MR) is 64.9 cm³/mol. The number of hydrogen-bond donors (Lipinski definition) is 2. The van der Waals surface area contributed by atoms with Gasteiger partial charge in [-0.1, -0.05) is 0 Å². The Bertz CT molecular complexity index is 457. The van der Waals surface area contributed by atoms with E-state index in [9.17, 15) is 13.2 Å². The highest BCUT2D eigenvalue weighted by molar-refractivity contribution is 5.70. The van der Waals surface area contributed by atoms with Crippen LogP contribution >= 0.6 is 0 Å². The Morgan fingerprint density at radius 3 is 2.79 bits per heavy atom. The highest BCUT2D eigenvalue weighted by Crippen LogP contribution is 2.34. The van der Waals surface area contributed by atoms with Gasteiger partial charge in [0, 0.05) is 37.7 Å². The Hall–Kier alpha value is -1.63. The van der Waals surface area contributed by atoms with Crippen molar-refractivity contribution in [2.75, 3.05) is 30.3 Å². The Morgan fingerprint density at radius 2 is 2.21 bits per heavy atom. The highest BCUT2D eigenvalue weighted by Gasteiger charge is 2.25. The van der Waals surface area contributed by atoms with Gasteiger partial charge in [-0.25, -0.2) is 4.39 Å². The first-order valence-electron chi connectivity index (χ1n) is 5.91. The van der Waals surface area contributed by atoms with Crippen LogP contribution in [0.5, 0.6) is 5.75 Å². The van der Waals surface area contributed by atoms with Crippen molar-refractivity contribution in [1.29, 1.82) is 0 Å². The molecule has 1 saturated heterocycles. The van der Waals surface area contributed by atoms with Gasteiger partial charge in [-0.3, -0.25) is 0 Å². The van der Waals surface area contributed by atoms with Crippen LogP contribution < -0.4 is 15.4 Å². The number of anilines is 2. The van der Waals surface area contributed by atoms with Gasteiger partial charge in [0.15, 0.2) is 11.6 Å². The lowest BCUT2D eigenvalue weighted by molar-refractivity contribution is -0.0521. The standard InChI is InChI=1S/C12H15F3N2O2/c13-8-3-9(16)10(4-11(8)19-12(14)15)17-2-1-7(5-17)6-18/h3-4,7,12,18H,1-2,5-6,16H2. The SMILES string of the molecule is Nc1cc(F)c(OC(F)F)cc1N1CCC(CO)C1. The summed E-state index contributed by atoms with van der Waals surface area (Å²) in [6.07, 6.45) is 0.776. The summed E-state index contributed by atoms with van der Waals surface area (Å²) in [6, 6.07) is 2.15. The summed E-state index contributed by atoms with van der Waals surface area (Å²) in [5, 5.41) is 9.08. The molecular formula is C12H15F3N2O2. The first kappa shape index (κ1) is 13.8. The van der Waals surface area contributed by atoms with Crippen molar-refractivity contribution in [3.63, 3.8) is 0 Å². The molecule has 1 aliphatic rings. The van der Waals surface area contributed by atoms with E-state index < -0.39 is 18.2 Å². The second kappa shape index (κ2) is 5.56. The minimum Gasteiger partial charge on any atom is -0.432 e. The summed E-state index contributed by atoms with van der Waals surface area (Å²) in [6.45, 7) is -1.84. The van der Waals surface area contributed by atoms with E-state index in [1.54, 1.807) is 0 Å². The third-order valence-electron chi connectivity index (χ3n) is 3.18. The van der Waals surface area contributed by atoms with Crippen molar-refractivity contribution >= 4 is 11.4 Å². The smallest absolute Gasteiger partial charge is 0.387 e. The number of hydrogen-bond acceptors (Lipinski definition) is 4. The van der Waals surface area contributed by atoms with Gasteiger partial charge in [-0.2, -0.15) is 8.78 Å². The number of alkyl halides is 2. The monoisotopic (exact) mass is 276 g/mol. The molecule has 0 amide bonds. The third kappa shape index (κ3) is 3.04. The molecule has 4 nitrogen and oxygen atoms in total. The van der Waals surface area contributed by atoms with Crippen LogP contribution in [0.2, 0.25) is 0 Å². The Balaban J connectivity index is 2.25. The summed E-state index contributed by atoms with van der Waals surface area (Å²) < 4.78 is 41.9. The maximum atomic E-state index is 13.4. The van der Waals surface area contributed by atoms with Gasteiger partial charge < -0.3 is 20.5 Å². The Kier molecular flexibility index (Phi) is 4.04. The number of benzene rings is 1. The summed E-state index contributed by atoms with van der Waals surface area (Å²) in [4.78, 5) is 1.83. The van der Waals surface area contributed by atoms with Gasteiger partial charge in [0.1, 0.15) is 0 Å². The van der Waals surface area contributed by atoms with Gasteiger partial charge in [-0.15, -0.1) is 0 Å². The van der Waals surface area contributed by atoms with Crippen molar-refractivity contribution < 1.29 is 23.0 Å². The van der Waals surface area contributed by atoms with E-state index in [1.165, 1.54) is 6.07 Å². The van der Waals surface area contributed by atoms with Crippen LogP contribution in [0.3, 0.4) is 0 Å². The second-order valence-corrected chi connectivity index (χ2v) is 4.50. The fraction of sp³-hybridized carbons (Fsp3) is 0.500. The average Bonchev–Trinajstić information content (AvgIpc) is 2.80. The summed E-state index contributed by atoms with van der Waals surface area (Å²) >= 11 is 0. The molecule has 7 heteroatoms. The van der Waals surface area contributed by atoms with E-state index in [0.29, 0.717) is 18.8 Å². The minimum atomic E-state index is -3.09. The van der Waals surface area contributed by atoms with Crippen molar-refractivity contribution in [2.24, 2.45) is 5.92 Å². The maximum Gasteiger partial charge on any atom is 0.387 e. The zero-order valence-corrected chi connectivity index (χ0v) is 10.2. The van der Waals surface area contributed by atoms with Crippen LogP contribution in [0.4, 0.5) is 24.5 Å². The van der Waals surface area contributed by atoms with Gasteiger partial charge in [0.2, 0.25) is 0 Å². The molecule has 0 aliphatic carbocycles. The quantitative estimate of drug-likeness (QED) is 0.824. The molecule has 0 spiro atoms. The molecule has 3 N–H and O–H groups in total. The number of ether oxygens (including phenoxy) is 1. The molecule has 2 rings (SSSR count). The normalized spacial score (nSPS) is 19.2. The number of nitrogen functional groups attached to an aromatic ring is 1. The summed E-state index contributed by atoms with van der Waals surface area (Å²) in [5.41, 5.74) is 6.32. The molecule has 1 fully saturated rings. The third-order valence-corrected chi connectivity index (χ3v) is 3.18. The van der Waals surface area contributed by atoms with Crippen LogP contribution in [-0.4, -0.2) is 31.4 Å². The second-order valence-electron chi connectivity index (χ2n) is 4.50. The molecule has 0 saturated carbocycles. The number of aliphatic hydroxyl groups is 1. The fourth-order valence-electron chi connectivity index (χ4n) is 2.22. The number of nitrogens with two attached hydrogens (primary N) is 1. The number of halogens is 3. The zero-order chi connectivity index (χ0) is 14.0. The van der Waals surface area contributed by atoms with Crippen molar-refractivity contribution in [3.8, 4) is 5.75 Å². The van der Waals surface area contributed by atoms with Gasteiger partial charge >= 0.3 is 6.61 Å². The molecule has 1 aromatic rings. The Morgan fingerprint density at radius 1 is 1.47 bits per heavy atom. The van der Waals surface area contributed by atoms with E-state index >= 15 is 0 Å². The number of rotatable bonds is 4. The molecule has 0 radical (unpaired) electrons. The molecule has 1 aromatic carbocycles. The van der Waals surface area contributed by atoms with Crippen molar-refractivity contribution in [2.45, 2.75) is 13.0 Å². The topological polar surface area (TPSA) is 58.7 Å². The fourth-order valence-corrected chi connectivity index (χ4v) is 2.22. The molecule has 1 aliphatic heterocycles.